The molecule has 3 rings (SSSR count). The zero-order valence-corrected chi connectivity index (χ0v) is 15.9. The van der Waals surface area contributed by atoms with Crippen molar-refractivity contribution in [2.24, 2.45) is 5.92 Å². The second-order valence-electron chi connectivity index (χ2n) is 7.45. The van der Waals surface area contributed by atoms with E-state index in [0.29, 0.717) is 6.61 Å². The van der Waals surface area contributed by atoms with E-state index in [9.17, 15) is 0 Å². The van der Waals surface area contributed by atoms with Crippen LogP contribution >= 0.6 is 0 Å². The molecule has 1 aliphatic heterocycles. The van der Waals surface area contributed by atoms with Crippen molar-refractivity contribution in [2.75, 3.05) is 46.4 Å². The Balaban J connectivity index is 1.48. The van der Waals surface area contributed by atoms with Crippen LogP contribution in [0, 0.1) is 5.92 Å². The quantitative estimate of drug-likeness (QED) is 0.713. The van der Waals surface area contributed by atoms with E-state index < -0.39 is 0 Å². The molecule has 1 aromatic carbocycles. The number of hydrogen-bond acceptors (Lipinski definition) is 2. The van der Waals surface area contributed by atoms with E-state index in [1.54, 1.807) is 12.0 Å². The molecule has 0 saturated carbocycles. The summed E-state index contributed by atoms with van der Waals surface area (Å²) in [4.78, 5) is 3.51. The summed E-state index contributed by atoms with van der Waals surface area (Å²) in [6, 6.07) is 6.38. The fourth-order valence-corrected chi connectivity index (χ4v) is 4.18. The second-order valence-corrected chi connectivity index (χ2v) is 7.45. The lowest BCUT2D eigenvalue weighted by molar-refractivity contribution is -1.02. The molecule has 0 unspecified atom stereocenters. The third-order valence-corrected chi connectivity index (χ3v) is 5.60. The molecule has 1 atom stereocenters. The summed E-state index contributed by atoms with van der Waals surface area (Å²) in [7, 11) is 1.70. The van der Waals surface area contributed by atoms with Gasteiger partial charge in [-0.3, -0.25) is 0 Å². The Kier molecular flexibility index (Phi) is 6.76. The fourth-order valence-electron chi connectivity index (χ4n) is 4.18. The molecule has 0 amide bonds. The summed E-state index contributed by atoms with van der Waals surface area (Å²) in [5.74, 6) is 2.62. The van der Waals surface area contributed by atoms with Crippen molar-refractivity contribution in [3.05, 3.63) is 35.9 Å². The lowest BCUT2D eigenvalue weighted by atomic mass is 9.94. The van der Waals surface area contributed by atoms with Crippen molar-refractivity contribution in [2.45, 2.75) is 32.7 Å². The molecule has 0 aromatic heterocycles. The van der Waals surface area contributed by atoms with E-state index in [2.05, 4.69) is 24.3 Å². The van der Waals surface area contributed by atoms with Crippen LogP contribution in [0.1, 0.15) is 31.7 Å². The zero-order chi connectivity index (χ0) is 17.5. The van der Waals surface area contributed by atoms with Crippen LogP contribution in [0.3, 0.4) is 0 Å². The smallest absolute Gasteiger partial charge is 0.161 e. The van der Waals surface area contributed by atoms with Crippen molar-refractivity contribution in [3.8, 4) is 11.5 Å². The van der Waals surface area contributed by atoms with Gasteiger partial charge in [0, 0.05) is 11.5 Å². The van der Waals surface area contributed by atoms with E-state index in [1.807, 2.05) is 17.9 Å². The molecular weight excluding hydrogens is 312 g/mol. The number of quaternary nitrogens is 2. The Hall–Kier alpha value is -1.52. The fraction of sp³-hybridized carbons (Fsp3) is 0.619. The molecule has 1 heterocycles. The minimum absolute atomic E-state index is 0.672. The van der Waals surface area contributed by atoms with Gasteiger partial charge in [-0.05, 0) is 44.4 Å². The summed E-state index contributed by atoms with van der Waals surface area (Å²) in [6.45, 7) is 10.3. The molecule has 1 fully saturated rings. The van der Waals surface area contributed by atoms with E-state index >= 15 is 0 Å². The molecule has 138 valence electrons. The Morgan fingerprint density at radius 1 is 1.04 bits per heavy atom. The maximum absolute atomic E-state index is 5.72. The molecule has 2 N–H and O–H groups in total. The first kappa shape index (κ1) is 18.3. The third-order valence-electron chi connectivity index (χ3n) is 5.60. The zero-order valence-electron chi connectivity index (χ0n) is 15.9. The lowest BCUT2D eigenvalue weighted by Gasteiger charge is -2.32. The molecule has 4 nitrogen and oxygen atoms in total. The number of ether oxygens (including phenoxy) is 2. The van der Waals surface area contributed by atoms with Crippen LogP contribution in [0.5, 0.6) is 11.5 Å². The normalized spacial score (nSPS) is 26.4. The first-order valence-corrected chi connectivity index (χ1v) is 9.90. The summed E-state index contributed by atoms with van der Waals surface area (Å²) >= 11 is 0. The van der Waals surface area contributed by atoms with Crippen molar-refractivity contribution < 1.29 is 19.3 Å². The largest absolute Gasteiger partial charge is 0.493 e. The molecule has 1 aliphatic carbocycles. The Labute approximate surface area is 152 Å². The summed E-state index contributed by atoms with van der Waals surface area (Å²) in [5, 5.41) is 0. The standard InChI is InChI=1S/C21H32N2O2/c1-3-25-21-15-19(9-10-20(21)24-2)17-23-13-11-22(12-14-23)16-18-7-5-4-6-8-18/h4-5,9-10,15,18H,3,6-8,11-14,16-17H2,1-2H3/p+2/t18-/m1/s1. The molecule has 2 aliphatic rings. The number of hydrogen-bond donors (Lipinski definition) is 2. The van der Waals surface area contributed by atoms with E-state index in [1.165, 1.54) is 57.5 Å². The van der Waals surface area contributed by atoms with Gasteiger partial charge in [-0.2, -0.15) is 0 Å². The molecule has 25 heavy (non-hydrogen) atoms. The van der Waals surface area contributed by atoms with Gasteiger partial charge in [0.25, 0.3) is 0 Å². The van der Waals surface area contributed by atoms with Gasteiger partial charge < -0.3 is 19.3 Å². The molecule has 0 bridgehead atoms. The van der Waals surface area contributed by atoms with Gasteiger partial charge in [0.2, 0.25) is 0 Å². The number of allylic oxidation sites excluding steroid dienone is 2. The molecule has 1 saturated heterocycles. The monoisotopic (exact) mass is 346 g/mol. The van der Waals surface area contributed by atoms with Gasteiger partial charge in [0.15, 0.2) is 11.5 Å². The topological polar surface area (TPSA) is 27.3 Å². The van der Waals surface area contributed by atoms with Crippen molar-refractivity contribution in [1.29, 1.82) is 0 Å². The Morgan fingerprint density at radius 3 is 2.52 bits per heavy atom. The van der Waals surface area contributed by atoms with Crippen molar-refractivity contribution in [1.82, 2.24) is 0 Å². The van der Waals surface area contributed by atoms with E-state index in [4.69, 9.17) is 9.47 Å². The van der Waals surface area contributed by atoms with Gasteiger partial charge in [0.1, 0.15) is 32.7 Å². The second kappa shape index (κ2) is 9.25. The number of methoxy groups -OCH3 is 1. The van der Waals surface area contributed by atoms with Crippen LogP contribution in [0.2, 0.25) is 0 Å². The molecule has 4 heteroatoms. The van der Waals surface area contributed by atoms with Crippen LogP contribution in [-0.2, 0) is 6.54 Å². The summed E-state index contributed by atoms with van der Waals surface area (Å²) in [5.41, 5.74) is 1.35. The number of nitrogens with one attached hydrogen (secondary N) is 2. The lowest BCUT2D eigenvalue weighted by Crippen LogP contribution is -3.27. The molecule has 1 aromatic rings. The van der Waals surface area contributed by atoms with Gasteiger partial charge in [-0.15, -0.1) is 0 Å². The van der Waals surface area contributed by atoms with Crippen LogP contribution in [-0.4, -0.2) is 46.4 Å². The maximum Gasteiger partial charge on any atom is 0.161 e. The predicted octanol–water partition coefficient (Wildman–Crippen LogP) is 0.734. The third kappa shape index (κ3) is 5.23. The van der Waals surface area contributed by atoms with Gasteiger partial charge in [-0.1, -0.05) is 12.2 Å². The average molecular weight is 347 g/mol. The number of benzene rings is 1. The van der Waals surface area contributed by atoms with Gasteiger partial charge in [0.05, 0.1) is 20.3 Å². The van der Waals surface area contributed by atoms with Gasteiger partial charge in [-0.25, -0.2) is 0 Å². The first-order chi connectivity index (χ1) is 12.3. The Morgan fingerprint density at radius 2 is 1.84 bits per heavy atom. The molecule has 0 spiro atoms. The van der Waals surface area contributed by atoms with Gasteiger partial charge >= 0.3 is 0 Å². The minimum atomic E-state index is 0.672. The molecule has 0 radical (unpaired) electrons. The van der Waals surface area contributed by atoms with E-state index in [-0.39, 0.29) is 0 Å². The highest BCUT2D eigenvalue weighted by Gasteiger charge is 2.25. The highest BCUT2D eigenvalue weighted by Crippen LogP contribution is 2.27. The summed E-state index contributed by atoms with van der Waals surface area (Å²) < 4.78 is 11.1. The maximum atomic E-state index is 5.72. The van der Waals surface area contributed by atoms with E-state index in [0.717, 1.165) is 24.0 Å². The first-order valence-electron chi connectivity index (χ1n) is 9.90. The van der Waals surface area contributed by atoms with Crippen LogP contribution < -0.4 is 19.3 Å². The minimum Gasteiger partial charge on any atom is -0.493 e. The highest BCUT2D eigenvalue weighted by atomic mass is 16.5. The predicted molar refractivity (Wildman–Crippen MR) is 101 cm³/mol. The van der Waals surface area contributed by atoms with Crippen LogP contribution in [0.4, 0.5) is 0 Å². The molecular formula is C21H34N2O2+2. The average Bonchev–Trinajstić information content (AvgIpc) is 2.65. The van der Waals surface area contributed by atoms with Crippen molar-refractivity contribution >= 4 is 0 Å². The van der Waals surface area contributed by atoms with Crippen LogP contribution in [0.15, 0.2) is 30.4 Å². The SMILES string of the molecule is CCOc1cc(C[NH+]2CC[NH+](C[C@@H]3CC=CCC3)CC2)ccc1OC. The van der Waals surface area contributed by atoms with Crippen molar-refractivity contribution in [3.63, 3.8) is 0 Å². The number of piperazine rings is 1. The van der Waals surface area contributed by atoms with Crippen LogP contribution in [0.25, 0.3) is 0 Å². The number of rotatable bonds is 7. The Bertz CT molecular complexity index is 565. The highest BCUT2D eigenvalue weighted by molar-refractivity contribution is 5.42. The summed E-state index contributed by atoms with van der Waals surface area (Å²) in [6.07, 6.45) is 8.71.